The van der Waals surface area contributed by atoms with Gasteiger partial charge in [0.15, 0.2) is 5.78 Å². The van der Waals surface area contributed by atoms with Crippen molar-refractivity contribution in [2.75, 3.05) is 47.5 Å². The van der Waals surface area contributed by atoms with Crippen molar-refractivity contribution in [2.24, 2.45) is 0 Å². The molecule has 0 aliphatic carbocycles. The normalized spacial score (nSPS) is 15.4. The molecule has 3 rings (SSSR count). The molecule has 0 aromatic heterocycles. The lowest BCUT2D eigenvalue weighted by Gasteiger charge is -2.35. The van der Waals surface area contributed by atoms with Crippen LogP contribution in [0, 0.1) is 0 Å². The van der Waals surface area contributed by atoms with E-state index in [1.807, 2.05) is 18.2 Å². The molecule has 0 amide bonds. The highest BCUT2D eigenvalue weighted by atomic mass is 35.5. The molecule has 1 atom stereocenters. The summed E-state index contributed by atoms with van der Waals surface area (Å²) in [5.74, 6) is 2.16. The minimum atomic E-state index is -0.0143. The van der Waals surface area contributed by atoms with Crippen LogP contribution in [-0.4, -0.2) is 58.2 Å². The molecule has 0 saturated carbocycles. The predicted octanol–water partition coefficient (Wildman–Crippen LogP) is 4.37. The average Bonchev–Trinajstić information content (AvgIpc) is 2.81. The second-order valence-corrected chi connectivity index (χ2v) is 8.03. The van der Waals surface area contributed by atoms with Gasteiger partial charge in [0, 0.05) is 17.7 Å². The van der Waals surface area contributed by atoms with E-state index in [0.29, 0.717) is 22.9 Å². The Balaban J connectivity index is 1.74. The smallest absolute Gasteiger partial charge is 0.176 e. The highest BCUT2D eigenvalue weighted by molar-refractivity contribution is 6.32. The third-order valence-corrected chi connectivity index (χ3v) is 6.02. The molecule has 2 aromatic rings. The van der Waals surface area contributed by atoms with Crippen LogP contribution < -0.4 is 19.5 Å². The van der Waals surface area contributed by atoms with E-state index in [9.17, 15) is 4.79 Å². The summed E-state index contributed by atoms with van der Waals surface area (Å²) < 4.78 is 16.3. The van der Waals surface area contributed by atoms with Crippen molar-refractivity contribution in [1.82, 2.24) is 10.2 Å². The Morgan fingerprint density at radius 1 is 1.00 bits per heavy atom. The van der Waals surface area contributed by atoms with Crippen molar-refractivity contribution in [3.8, 4) is 17.2 Å². The quantitative estimate of drug-likeness (QED) is 0.547. The Morgan fingerprint density at radius 2 is 1.71 bits per heavy atom. The molecule has 1 unspecified atom stereocenters. The summed E-state index contributed by atoms with van der Waals surface area (Å²) in [6.45, 7) is 2.89. The first-order chi connectivity index (χ1) is 15.1. The van der Waals surface area contributed by atoms with E-state index < -0.39 is 0 Å². The number of nitrogens with zero attached hydrogens (tertiary/aromatic N) is 1. The molecular formula is C24H31ClN2O4. The summed E-state index contributed by atoms with van der Waals surface area (Å²) in [4.78, 5) is 15.2. The van der Waals surface area contributed by atoms with E-state index in [0.717, 1.165) is 30.2 Å². The van der Waals surface area contributed by atoms with Crippen molar-refractivity contribution >= 4 is 17.4 Å². The summed E-state index contributed by atoms with van der Waals surface area (Å²) in [7, 11) is 4.90. The number of rotatable bonds is 10. The van der Waals surface area contributed by atoms with Crippen LogP contribution in [0.2, 0.25) is 5.02 Å². The Bertz CT molecular complexity index is 884. The maximum Gasteiger partial charge on any atom is 0.176 e. The highest BCUT2D eigenvalue weighted by Gasteiger charge is 2.25. The first kappa shape index (κ1) is 23.4. The van der Waals surface area contributed by atoms with E-state index >= 15 is 0 Å². The molecule has 168 valence electrons. The first-order valence-corrected chi connectivity index (χ1v) is 11.0. The van der Waals surface area contributed by atoms with Gasteiger partial charge in [0.1, 0.15) is 17.2 Å². The predicted molar refractivity (Wildman–Crippen MR) is 123 cm³/mol. The van der Waals surface area contributed by atoms with Gasteiger partial charge in [-0.25, -0.2) is 0 Å². The number of likely N-dealkylation sites (tertiary alicyclic amines) is 1. The number of carbonyl (C=O) groups is 1. The van der Waals surface area contributed by atoms with Gasteiger partial charge in [-0.3, -0.25) is 9.69 Å². The number of Topliss-reactive ketones (excluding diaryl/α,β-unsaturated/α-hetero) is 1. The van der Waals surface area contributed by atoms with Crippen LogP contribution >= 0.6 is 11.6 Å². The maximum absolute atomic E-state index is 12.7. The van der Waals surface area contributed by atoms with Crippen LogP contribution in [0.1, 0.15) is 41.2 Å². The van der Waals surface area contributed by atoms with Gasteiger partial charge in [0.05, 0.1) is 38.9 Å². The number of nitrogens with one attached hydrogen (secondary N) is 1. The lowest BCUT2D eigenvalue weighted by Crippen LogP contribution is -2.40. The second kappa shape index (κ2) is 11.4. The number of ether oxygens (including phenoxy) is 3. The SMILES string of the molecule is COc1ccc(OC)c(C(CNCC(=O)c2ccc(OC)c(Cl)c2)N2CCCCC2)c1. The number of benzene rings is 2. The maximum atomic E-state index is 12.7. The number of hydrogen-bond acceptors (Lipinski definition) is 6. The summed E-state index contributed by atoms with van der Waals surface area (Å²) in [6, 6.07) is 11.1. The van der Waals surface area contributed by atoms with Crippen molar-refractivity contribution in [3.63, 3.8) is 0 Å². The first-order valence-electron chi connectivity index (χ1n) is 10.6. The van der Waals surface area contributed by atoms with Crippen molar-refractivity contribution in [3.05, 3.63) is 52.5 Å². The molecule has 1 aliphatic rings. The van der Waals surface area contributed by atoms with Gasteiger partial charge in [-0.05, 0) is 62.3 Å². The monoisotopic (exact) mass is 446 g/mol. The van der Waals surface area contributed by atoms with Gasteiger partial charge in [-0.15, -0.1) is 0 Å². The minimum Gasteiger partial charge on any atom is -0.497 e. The lowest BCUT2D eigenvalue weighted by molar-refractivity contribution is 0.0983. The fourth-order valence-electron chi connectivity index (χ4n) is 4.03. The average molecular weight is 447 g/mol. The van der Waals surface area contributed by atoms with Gasteiger partial charge in [-0.2, -0.15) is 0 Å². The van der Waals surface area contributed by atoms with E-state index in [1.165, 1.54) is 19.3 Å². The third-order valence-electron chi connectivity index (χ3n) is 5.72. The zero-order valence-electron chi connectivity index (χ0n) is 18.4. The van der Waals surface area contributed by atoms with Crippen LogP contribution in [0.25, 0.3) is 0 Å². The Labute approximate surface area is 189 Å². The molecule has 7 heteroatoms. The number of ketones is 1. The van der Waals surface area contributed by atoms with Crippen molar-refractivity contribution in [1.29, 1.82) is 0 Å². The van der Waals surface area contributed by atoms with Crippen LogP contribution in [0.15, 0.2) is 36.4 Å². The van der Waals surface area contributed by atoms with Crippen LogP contribution in [0.4, 0.5) is 0 Å². The summed E-state index contributed by atoms with van der Waals surface area (Å²) >= 11 is 6.17. The minimum absolute atomic E-state index is 0.0143. The molecule has 31 heavy (non-hydrogen) atoms. The summed E-state index contributed by atoms with van der Waals surface area (Å²) in [5.41, 5.74) is 1.63. The number of halogens is 1. The fourth-order valence-corrected chi connectivity index (χ4v) is 4.29. The molecule has 1 N–H and O–H groups in total. The Morgan fingerprint density at radius 3 is 2.35 bits per heavy atom. The zero-order valence-corrected chi connectivity index (χ0v) is 19.2. The molecule has 0 bridgehead atoms. The molecule has 1 aliphatic heterocycles. The Hall–Kier alpha value is -2.28. The number of methoxy groups -OCH3 is 3. The van der Waals surface area contributed by atoms with Crippen molar-refractivity contribution < 1.29 is 19.0 Å². The van der Waals surface area contributed by atoms with E-state index in [-0.39, 0.29) is 18.4 Å². The van der Waals surface area contributed by atoms with Crippen molar-refractivity contribution in [2.45, 2.75) is 25.3 Å². The molecule has 6 nitrogen and oxygen atoms in total. The van der Waals surface area contributed by atoms with E-state index in [2.05, 4.69) is 10.2 Å². The summed E-state index contributed by atoms with van der Waals surface area (Å²) in [5, 5.41) is 3.79. The largest absolute Gasteiger partial charge is 0.497 e. The second-order valence-electron chi connectivity index (χ2n) is 7.62. The van der Waals surface area contributed by atoms with Crippen LogP contribution in [0.5, 0.6) is 17.2 Å². The lowest BCUT2D eigenvalue weighted by atomic mass is 10.00. The molecule has 1 fully saturated rings. The van der Waals surface area contributed by atoms with Crippen LogP contribution in [-0.2, 0) is 0 Å². The van der Waals surface area contributed by atoms with E-state index in [4.69, 9.17) is 25.8 Å². The molecule has 1 heterocycles. The topological polar surface area (TPSA) is 60.0 Å². The van der Waals surface area contributed by atoms with Gasteiger partial charge >= 0.3 is 0 Å². The zero-order chi connectivity index (χ0) is 22.2. The number of hydrogen-bond donors (Lipinski definition) is 1. The fraction of sp³-hybridized carbons (Fsp3) is 0.458. The number of carbonyl (C=O) groups excluding carboxylic acids is 1. The number of piperidine rings is 1. The molecule has 0 spiro atoms. The highest BCUT2D eigenvalue weighted by Crippen LogP contribution is 2.34. The van der Waals surface area contributed by atoms with E-state index in [1.54, 1.807) is 39.5 Å². The summed E-state index contributed by atoms with van der Waals surface area (Å²) in [6.07, 6.45) is 3.60. The molecular weight excluding hydrogens is 416 g/mol. The molecule has 2 aromatic carbocycles. The standard InChI is InChI=1S/C24H31ClN2O4/c1-29-18-8-10-23(30-2)19(14-18)21(27-11-5-4-6-12-27)15-26-16-22(28)17-7-9-24(31-3)20(25)13-17/h7-10,13-14,21,26H,4-6,11-12,15-16H2,1-3H3. The Kier molecular flexibility index (Phi) is 8.58. The van der Waals surface area contributed by atoms with Crippen LogP contribution in [0.3, 0.4) is 0 Å². The molecule has 0 radical (unpaired) electrons. The van der Waals surface area contributed by atoms with Gasteiger partial charge < -0.3 is 19.5 Å². The van der Waals surface area contributed by atoms with Gasteiger partial charge in [0.2, 0.25) is 0 Å². The molecule has 1 saturated heterocycles. The van der Waals surface area contributed by atoms with Gasteiger partial charge in [-0.1, -0.05) is 18.0 Å². The van der Waals surface area contributed by atoms with Gasteiger partial charge in [0.25, 0.3) is 0 Å². The third kappa shape index (κ3) is 5.91.